The van der Waals surface area contributed by atoms with E-state index in [4.69, 9.17) is 9.05 Å². The van der Waals surface area contributed by atoms with Crippen molar-refractivity contribution >= 4 is 13.7 Å². The van der Waals surface area contributed by atoms with Gasteiger partial charge in [-0.2, -0.15) is 0 Å². The van der Waals surface area contributed by atoms with E-state index in [2.05, 4.69) is 67.8 Å². The smallest absolute Gasteiger partial charge is 0.387 e. The molecule has 0 rings (SSSR count). The first kappa shape index (κ1) is 62.2. The molecule has 64 heavy (non-hydrogen) atoms. The number of carbonyl (C=O) groups excluding carboxylic acids is 1. The van der Waals surface area contributed by atoms with Gasteiger partial charge in [0.1, 0.15) is 13.2 Å². The third kappa shape index (κ3) is 48.1. The number of phosphoric ester groups is 1. The number of allylic oxidation sites excluding steroid dienone is 9. The number of carbonyl (C=O) groups is 1. The van der Waals surface area contributed by atoms with Crippen LogP contribution >= 0.6 is 7.82 Å². The van der Waals surface area contributed by atoms with Crippen molar-refractivity contribution < 1.29 is 32.9 Å². The molecule has 0 aromatic rings. The van der Waals surface area contributed by atoms with Crippen molar-refractivity contribution in [3.05, 3.63) is 60.8 Å². The third-order valence-corrected chi connectivity index (χ3v) is 12.7. The maximum atomic E-state index is 12.9. The molecule has 0 radical (unpaired) electrons. The van der Waals surface area contributed by atoms with Gasteiger partial charge < -0.3 is 19.8 Å². The van der Waals surface area contributed by atoms with Crippen molar-refractivity contribution in [3.8, 4) is 0 Å². The summed E-state index contributed by atoms with van der Waals surface area (Å²) in [4.78, 5) is 23.2. The molecule has 0 fully saturated rings. The van der Waals surface area contributed by atoms with Gasteiger partial charge in [0.2, 0.25) is 5.91 Å². The van der Waals surface area contributed by atoms with Crippen LogP contribution in [-0.2, 0) is 18.4 Å². The number of phosphoric acid groups is 1. The van der Waals surface area contributed by atoms with Crippen molar-refractivity contribution in [3.63, 3.8) is 0 Å². The van der Waals surface area contributed by atoms with Crippen LogP contribution in [0.2, 0.25) is 0 Å². The second-order valence-electron chi connectivity index (χ2n) is 19.3. The zero-order valence-electron chi connectivity index (χ0n) is 42.5. The average molecular weight is 920 g/mol. The lowest BCUT2D eigenvalue weighted by Gasteiger charge is -2.25. The molecule has 0 spiro atoms. The molecule has 9 heteroatoms. The van der Waals surface area contributed by atoms with Gasteiger partial charge in [0.15, 0.2) is 0 Å². The number of unbranched alkanes of at least 4 members (excludes halogenated alkanes) is 28. The van der Waals surface area contributed by atoms with Gasteiger partial charge in [0, 0.05) is 6.42 Å². The van der Waals surface area contributed by atoms with Crippen molar-refractivity contribution in [2.75, 3.05) is 40.9 Å². The van der Waals surface area contributed by atoms with Gasteiger partial charge in [-0.25, -0.2) is 4.57 Å². The number of likely N-dealkylation sites (N-methyl/N-ethyl adjacent to an activating group) is 1. The number of hydrogen-bond donors (Lipinski definition) is 3. The second kappa shape index (κ2) is 46.3. The van der Waals surface area contributed by atoms with Crippen LogP contribution in [0.4, 0.5) is 0 Å². The molecule has 0 aliphatic heterocycles. The molecule has 0 heterocycles. The molecule has 3 unspecified atom stereocenters. The summed E-state index contributed by atoms with van der Waals surface area (Å²) in [6, 6.07) is -0.874. The van der Waals surface area contributed by atoms with Crippen LogP contribution in [0.3, 0.4) is 0 Å². The Labute approximate surface area is 396 Å². The van der Waals surface area contributed by atoms with E-state index in [1.165, 1.54) is 167 Å². The SMILES string of the molecule is CCCCC/C=C\C=C/CCCCCCCCCCCCC(=O)NC(COP(=O)(O)OCC[N+](C)(C)C)C(O)/C=C/CC/C=C/CC/C=C/CCCCCCCCCCCCCCC. The normalized spacial score (nSPS) is 14.5. The number of aliphatic hydroxyl groups excluding tert-OH is 1. The molecule has 0 saturated heterocycles. The largest absolute Gasteiger partial charge is 0.472 e. The number of rotatable bonds is 48. The lowest BCUT2D eigenvalue weighted by atomic mass is 10.0. The van der Waals surface area contributed by atoms with E-state index in [9.17, 15) is 19.4 Å². The van der Waals surface area contributed by atoms with Gasteiger partial charge in [0.05, 0.1) is 39.9 Å². The van der Waals surface area contributed by atoms with E-state index in [-0.39, 0.29) is 19.1 Å². The number of nitrogens with zero attached hydrogens (tertiary/aromatic N) is 1. The van der Waals surface area contributed by atoms with Crippen LogP contribution in [-0.4, -0.2) is 73.4 Å². The van der Waals surface area contributed by atoms with Crippen molar-refractivity contribution in [2.45, 2.75) is 244 Å². The Kier molecular flexibility index (Phi) is 45.0. The molecule has 0 bridgehead atoms. The van der Waals surface area contributed by atoms with E-state index in [1.54, 1.807) is 6.08 Å². The van der Waals surface area contributed by atoms with Crippen LogP contribution in [0.1, 0.15) is 232 Å². The summed E-state index contributed by atoms with van der Waals surface area (Å²) >= 11 is 0. The van der Waals surface area contributed by atoms with Gasteiger partial charge in [-0.15, -0.1) is 0 Å². The summed E-state index contributed by atoms with van der Waals surface area (Å²) in [5.74, 6) is -0.195. The highest BCUT2D eigenvalue weighted by atomic mass is 31.2. The van der Waals surface area contributed by atoms with Crippen molar-refractivity contribution in [2.24, 2.45) is 0 Å². The highest BCUT2D eigenvalue weighted by molar-refractivity contribution is 7.47. The van der Waals surface area contributed by atoms with Gasteiger partial charge in [-0.1, -0.05) is 216 Å². The predicted molar refractivity (Wildman–Crippen MR) is 277 cm³/mol. The fraction of sp³-hybridized carbons (Fsp3) is 0.800. The van der Waals surface area contributed by atoms with Crippen molar-refractivity contribution in [1.29, 1.82) is 0 Å². The maximum absolute atomic E-state index is 12.9. The Hall–Kier alpha value is -1.80. The molecule has 3 atom stereocenters. The van der Waals surface area contributed by atoms with E-state index < -0.39 is 20.0 Å². The topological polar surface area (TPSA) is 105 Å². The van der Waals surface area contributed by atoms with Crippen molar-refractivity contribution in [1.82, 2.24) is 5.32 Å². The van der Waals surface area contributed by atoms with Gasteiger partial charge in [-0.3, -0.25) is 13.8 Å². The molecule has 3 N–H and O–H groups in total. The van der Waals surface area contributed by atoms with Gasteiger partial charge in [0.25, 0.3) is 0 Å². The Morgan fingerprint density at radius 3 is 1.38 bits per heavy atom. The fourth-order valence-electron chi connectivity index (χ4n) is 7.48. The first-order valence-corrected chi connectivity index (χ1v) is 28.2. The summed E-state index contributed by atoms with van der Waals surface area (Å²) in [5.41, 5.74) is 0. The second-order valence-corrected chi connectivity index (χ2v) is 20.7. The summed E-state index contributed by atoms with van der Waals surface area (Å²) in [5, 5.41) is 13.9. The van der Waals surface area contributed by atoms with E-state index in [1.807, 2.05) is 27.2 Å². The molecule has 0 saturated carbocycles. The Balaban J connectivity index is 4.37. The zero-order valence-corrected chi connectivity index (χ0v) is 43.4. The Morgan fingerprint density at radius 2 is 0.906 bits per heavy atom. The number of aliphatic hydroxyl groups is 1. The summed E-state index contributed by atoms with van der Waals surface area (Å²) in [6.07, 6.45) is 61.7. The van der Waals surface area contributed by atoms with Crippen LogP contribution in [0, 0.1) is 0 Å². The minimum Gasteiger partial charge on any atom is -0.387 e. The summed E-state index contributed by atoms with van der Waals surface area (Å²) in [7, 11) is 1.54. The monoisotopic (exact) mass is 920 g/mol. The van der Waals surface area contributed by atoms with E-state index >= 15 is 0 Å². The quantitative estimate of drug-likeness (QED) is 0.0185. The predicted octanol–water partition coefficient (Wildman–Crippen LogP) is 15.8. The maximum Gasteiger partial charge on any atom is 0.472 e. The Morgan fingerprint density at radius 1 is 0.531 bits per heavy atom. The van der Waals surface area contributed by atoms with E-state index in [0.29, 0.717) is 17.4 Å². The molecule has 8 nitrogen and oxygen atoms in total. The van der Waals surface area contributed by atoms with Crippen LogP contribution < -0.4 is 5.32 Å². The fourth-order valence-corrected chi connectivity index (χ4v) is 8.21. The first-order valence-electron chi connectivity index (χ1n) is 26.7. The van der Waals surface area contributed by atoms with Crippen LogP contribution in [0.5, 0.6) is 0 Å². The molecule has 1 amide bonds. The van der Waals surface area contributed by atoms with E-state index in [0.717, 1.165) is 44.9 Å². The third-order valence-electron chi connectivity index (χ3n) is 11.7. The molecule has 374 valence electrons. The molecular formula is C55H104N2O6P+. The molecular weight excluding hydrogens is 816 g/mol. The molecule has 0 aliphatic carbocycles. The molecule has 0 aromatic carbocycles. The minimum absolute atomic E-state index is 0.0511. The number of nitrogens with one attached hydrogen (secondary N) is 1. The minimum atomic E-state index is -4.36. The van der Waals surface area contributed by atoms with Gasteiger partial charge in [-0.05, 0) is 70.6 Å². The highest BCUT2D eigenvalue weighted by Crippen LogP contribution is 2.43. The lowest BCUT2D eigenvalue weighted by molar-refractivity contribution is -0.870. The standard InChI is InChI=1S/C55H103N2O6P/c1-6-8-10-12-14-16-18-20-22-24-26-27-28-29-31-32-34-36-38-40-42-44-46-48-54(58)53(52-63-64(60,61)62-51-50-57(3,4)5)56-55(59)49-47-45-43-41-39-37-35-33-30-25-23-21-19-17-15-13-11-9-7-2/h15,17,19,21,31-32,38,40,46,48,53-54,58H,6-14,16,18,20,22-30,33-37,39,41-45,47,49-52H2,1-5H3,(H-,56,59,60,61)/p+1/b17-15-,21-19-,32-31+,40-38+,48-46+. The summed E-state index contributed by atoms with van der Waals surface area (Å²) in [6.45, 7) is 4.77. The number of hydrogen-bond acceptors (Lipinski definition) is 5. The van der Waals surface area contributed by atoms with Crippen LogP contribution in [0.15, 0.2) is 60.8 Å². The molecule has 0 aromatic heterocycles. The summed E-state index contributed by atoms with van der Waals surface area (Å²) < 4.78 is 23.6. The molecule has 0 aliphatic rings. The average Bonchev–Trinajstić information content (AvgIpc) is 3.25. The van der Waals surface area contributed by atoms with Crippen LogP contribution in [0.25, 0.3) is 0 Å². The first-order chi connectivity index (χ1) is 31.0. The lowest BCUT2D eigenvalue weighted by Crippen LogP contribution is -2.45. The number of quaternary nitrogens is 1. The Bertz CT molecular complexity index is 1230. The highest BCUT2D eigenvalue weighted by Gasteiger charge is 2.27. The zero-order chi connectivity index (χ0) is 47.1. The number of amides is 1. The van der Waals surface area contributed by atoms with Gasteiger partial charge >= 0.3 is 7.82 Å².